The zero-order chi connectivity index (χ0) is 18.4. The van der Waals surface area contributed by atoms with E-state index >= 15 is 0 Å². The molecule has 1 fully saturated rings. The minimum Gasteiger partial charge on any atom is -0.467 e. The number of carbonyl (C=O) groups excluding carboxylic acids is 1. The Hall–Kier alpha value is -2.41. The summed E-state index contributed by atoms with van der Waals surface area (Å²) in [5, 5.41) is 0. The van der Waals surface area contributed by atoms with E-state index in [9.17, 15) is 9.59 Å². The molecule has 0 aliphatic carbocycles. The molecule has 26 heavy (non-hydrogen) atoms. The molecule has 3 aromatic heterocycles. The van der Waals surface area contributed by atoms with Crippen LogP contribution in [-0.4, -0.2) is 26.7 Å². The highest BCUT2D eigenvalue weighted by Gasteiger charge is 2.34. The lowest BCUT2D eigenvalue weighted by Crippen LogP contribution is -2.42. The van der Waals surface area contributed by atoms with E-state index in [1.165, 1.54) is 17.5 Å². The van der Waals surface area contributed by atoms with E-state index in [-0.39, 0.29) is 23.1 Å². The molecule has 1 saturated heterocycles. The summed E-state index contributed by atoms with van der Waals surface area (Å²) >= 11 is 1.46. The first-order chi connectivity index (χ1) is 12.5. The van der Waals surface area contributed by atoms with Crippen molar-refractivity contribution in [2.24, 2.45) is 5.92 Å². The maximum absolute atomic E-state index is 13.2. The van der Waals surface area contributed by atoms with E-state index in [2.05, 4.69) is 11.9 Å². The number of hydrogen-bond donors (Lipinski definition) is 0. The topological polar surface area (TPSA) is 67.8 Å². The van der Waals surface area contributed by atoms with Gasteiger partial charge in [0, 0.05) is 23.3 Å². The number of likely N-dealkylation sites (tertiary alicyclic amines) is 1. The fourth-order valence-electron chi connectivity index (χ4n) is 3.61. The fourth-order valence-corrected chi connectivity index (χ4v) is 4.54. The molecule has 3 aromatic rings. The van der Waals surface area contributed by atoms with Crippen molar-refractivity contribution in [2.45, 2.75) is 39.7 Å². The zero-order valence-electron chi connectivity index (χ0n) is 15.1. The van der Waals surface area contributed by atoms with Gasteiger partial charge < -0.3 is 9.32 Å². The molecule has 2 unspecified atom stereocenters. The second kappa shape index (κ2) is 6.39. The van der Waals surface area contributed by atoms with Crippen LogP contribution in [0.4, 0.5) is 0 Å². The molecule has 4 rings (SSSR count). The monoisotopic (exact) mass is 371 g/mol. The van der Waals surface area contributed by atoms with Gasteiger partial charge in [-0.05, 0) is 44.7 Å². The Kier molecular flexibility index (Phi) is 4.19. The number of fused-ring (bicyclic) bond motifs is 1. The van der Waals surface area contributed by atoms with E-state index in [4.69, 9.17) is 4.42 Å². The molecule has 0 radical (unpaired) electrons. The number of carbonyl (C=O) groups is 1. The second-order valence-corrected chi connectivity index (χ2v) is 8.18. The lowest BCUT2D eigenvalue weighted by Gasteiger charge is -2.37. The number of amides is 1. The van der Waals surface area contributed by atoms with Crippen LogP contribution in [0.1, 0.15) is 52.5 Å². The number of furan rings is 1. The highest BCUT2D eigenvalue weighted by Crippen LogP contribution is 2.35. The number of nitrogens with zero attached hydrogens (tertiary/aromatic N) is 3. The van der Waals surface area contributed by atoms with Gasteiger partial charge >= 0.3 is 0 Å². The predicted octanol–water partition coefficient (Wildman–Crippen LogP) is 3.58. The molecule has 2 atom stereocenters. The molecule has 4 heterocycles. The Morgan fingerprint density at radius 3 is 2.92 bits per heavy atom. The number of aromatic nitrogens is 2. The van der Waals surface area contributed by atoms with Gasteiger partial charge in [-0.2, -0.15) is 0 Å². The number of aryl methyl sites for hydroxylation is 2. The average molecular weight is 371 g/mol. The Morgan fingerprint density at radius 2 is 2.19 bits per heavy atom. The summed E-state index contributed by atoms with van der Waals surface area (Å²) < 4.78 is 7.11. The molecule has 7 heteroatoms. The van der Waals surface area contributed by atoms with Gasteiger partial charge in [0.15, 0.2) is 4.96 Å². The van der Waals surface area contributed by atoms with Crippen molar-refractivity contribution in [2.75, 3.05) is 6.54 Å². The molecule has 1 amide bonds. The summed E-state index contributed by atoms with van der Waals surface area (Å²) in [5.74, 6) is 0.993. The largest absolute Gasteiger partial charge is 0.467 e. The summed E-state index contributed by atoms with van der Waals surface area (Å²) in [7, 11) is 0. The molecule has 0 bridgehead atoms. The summed E-state index contributed by atoms with van der Waals surface area (Å²) in [6.45, 7) is 6.62. The molecule has 0 saturated carbocycles. The summed E-state index contributed by atoms with van der Waals surface area (Å²) in [4.78, 5) is 34.0. The van der Waals surface area contributed by atoms with Crippen molar-refractivity contribution in [3.05, 3.63) is 56.8 Å². The zero-order valence-corrected chi connectivity index (χ0v) is 15.9. The fraction of sp³-hybridized carbons (Fsp3) is 0.421. The number of piperidine rings is 1. The molecule has 0 N–H and O–H groups in total. The quantitative estimate of drug-likeness (QED) is 0.690. The van der Waals surface area contributed by atoms with Gasteiger partial charge in [0.25, 0.3) is 11.5 Å². The molecule has 1 aliphatic rings. The molecule has 0 spiro atoms. The van der Waals surface area contributed by atoms with E-state index in [1.54, 1.807) is 15.6 Å². The van der Waals surface area contributed by atoms with Crippen LogP contribution in [0.3, 0.4) is 0 Å². The highest BCUT2D eigenvalue weighted by atomic mass is 32.1. The van der Waals surface area contributed by atoms with E-state index in [0.29, 0.717) is 17.4 Å². The Morgan fingerprint density at radius 1 is 1.38 bits per heavy atom. The second-order valence-electron chi connectivity index (χ2n) is 7.00. The maximum Gasteiger partial charge on any atom is 0.271 e. The van der Waals surface area contributed by atoms with Crippen molar-refractivity contribution in [1.82, 2.24) is 14.3 Å². The highest BCUT2D eigenvalue weighted by molar-refractivity contribution is 7.17. The van der Waals surface area contributed by atoms with Crippen LogP contribution in [0.25, 0.3) is 4.96 Å². The number of rotatable bonds is 2. The maximum atomic E-state index is 13.2. The van der Waals surface area contributed by atoms with Gasteiger partial charge in [-0.3, -0.25) is 14.0 Å². The van der Waals surface area contributed by atoms with E-state index in [1.807, 2.05) is 26.0 Å². The van der Waals surface area contributed by atoms with Gasteiger partial charge in [0.05, 0.1) is 12.3 Å². The van der Waals surface area contributed by atoms with Crippen LogP contribution in [0.15, 0.2) is 33.8 Å². The standard InChI is InChI=1S/C19H21N3O3S/c1-11-6-7-21(15(9-11)16-5-4-8-25-16)17(23)14-10-20-19-22(18(14)24)12(2)13(3)26-19/h4-5,8,10-11,15H,6-7,9H2,1-3H3. The van der Waals surface area contributed by atoms with Crippen LogP contribution in [0.5, 0.6) is 0 Å². The van der Waals surface area contributed by atoms with Gasteiger partial charge in [-0.25, -0.2) is 4.98 Å². The van der Waals surface area contributed by atoms with Gasteiger partial charge in [0.2, 0.25) is 0 Å². The molecular formula is C19H21N3O3S. The lowest BCUT2D eigenvalue weighted by atomic mass is 9.90. The first kappa shape index (κ1) is 17.0. The lowest BCUT2D eigenvalue weighted by molar-refractivity contribution is 0.0518. The molecule has 136 valence electrons. The smallest absolute Gasteiger partial charge is 0.271 e. The van der Waals surface area contributed by atoms with Crippen molar-refractivity contribution in [3.63, 3.8) is 0 Å². The Balaban J connectivity index is 1.77. The number of thiazole rings is 1. The van der Waals surface area contributed by atoms with Gasteiger partial charge in [0.1, 0.15) is 11.3 Å². The van der Waals surface area contributed by atoms with Crippen LogP contribution in [0.2, 0.25) is 0 Å². The molecule has 6 nitrogen and oxygen atoms in total. The van der Waals surface area contributed by atoms with Gasteiger partial charge in [-0.1, -0.05) is 6.92 Å². The van der Waals surface area contributed by atoms with Gasteiger partial charge in [-0.15, -0.1) is 11.3 Å². The van der Waals surface area contributed by atoms with Crippen molar-refractivity contribution in [1.29, 1.82) is 0 Å². The van der Waals surface area contributed by atoms with Crippen molar-refractivity contribution < 1.29 is 9.21 Å². The molecule has 1 aliphatic heterocycles. The first-order valence-electron chi connectivity index (χ1n) is 8.79. The third-order valence-electron chi connectivity index (χ3n) is 5.25. The Bertz CT molecular complexity index is 1020. The SMILES string of the molecule is Cc1sc2ncc(C(=O)N3CCC(C)CC3c3ccco3)c(=O)n2c1C. The minimum atomic E-state index is -0.293. The van der Waals surface area contributed by atoms with Crippen LogP contribution >= 0.6 is 11.3 Å². The molecule has 0 aromatic carbocycles. The molecular weight excluding hydrogens is 350 g/mol. The van der Waals surface area contributed by atoms with Crippen LogP contribution < -0.4 is 5.56 Å². The van der Waals surface area contributed by atoms with Crippen LogP contribution in [-0.2, 0) is 0 Å². The van der Waals surface area contributed by atoms with Crippen molar-refractivity contribution >= 4 is 22.2 Å². The normalized spacial score (nSPS) is 20.7. The minimum absolute atomic E-state index is 0.120. The van der Waals surface area contributed by atoms with E-state index in [0.717, 1.165) is 29.2 Å². The van der Waals surface area contributed by atoms with Crippen LogP contribution in [0, 0.1) is 19.8 Å². The summed E-state index contributed by atoms with van der Waals surface area (Å²) in [6, 6.07) is 3.58. The first-order valence-corrected chi connectivity index (χ1v) is 9.61. The third-order valence-corrected chi connectivity index (χ3v) is 6.32. The van der Waals surface area contributed by atoms with E-state index < -0.39 is 0 Å². The number of hydrogen-bond acceptors (Lipinski definition) is 5. The Labute approximate surface area is 155 Å². The average Bonchev–Trinajstić information content (AvgIpc) is 3.24. The predicted molar refractivity (Wildman–Crippen MR) is 99.7 cm³/mol. The summed E-state index contributed by atoms with van der Waals surface area (Å²) in [6.07, 6.45) is 4.78. The third kappa shape index (κ3) is 2.67. The summed E-state index contributed by atoms with van der Waals surface area (Å²) in [5.41, 5.74) is 0.667. The van der Waals surface area contributed by atoms with Crippen molar-refractivity contribution in [3.8, 4) is 0 Å².